The topological polar surface area (TPSA) is 34.9 Å². The first-order chi connectivity index (χ1) is 8.26. The van der Waals surface area contributed by atoms with Crippen molar-refractivity contribution in [2.75, 3.05) is 5.33 Å². The minimum absolute atomic E-state index is 0.231. The molecule has 1 heterocycles. The molecule has 0 spiro atoms. The van der Waals surface area contributed by atoms with Crippen LogP contribution in [-0.4, -0.2) is 20.7 Å². The first kappa shape index (κ1) is 13.9. The van der Waals surface area contributed by atoms with Crippen molar-refractivity contribution in [3.05, 3.63) is 42.5 Å². The SMILES string of the molecule is C/C=C(\C=C/CBr)CCC(=O)Cn1ccnc1. The lowest BCUT2D eigenvalue weighted by Crippen LogP contribution is -2.08. The number of ketones is 1. The Morgan fingerprint density at radius 1 is 1.47 bits per heavy atom. The van der Waals surface area contributed by atoms with E-state index in [1.807, 2.05) is 19.1 Å². The Labute approximate surface area is 110 Å². The highest BCUT2D eigenvalue weighted by atomic mass is 79.9. The number of halogens is 1. The molecule has 0 unspecified atom stereocenters. The second kappa shape index (κ2) is 8.01. The summed E-state index contributed by atoms with van der Waals surface area (Å²) in [7, 11) is 0. The molecule has 92 valence electrons. The van der Waals surface area contributed by atoms with Crippen molar-refractivity contribution in [1.29, 1.82) is 0 Å². The average Bonchev–Trinajstić information content (AvgIpc) is 2.82. The quantitative estimate of drug-likeness (QED) is 0.572. The van der Waals surface area contributed by atoms with Crippen LogP contribution in [0.2, 0.25) is 0 Å². The van der Waals surface area contributed by atoms with E-state index in [0.717, 1.165) is 11.8 Å². The summed E-state index contributed by atoms with van der Waals surface area (Å²) in [6, 6.07) is 0. The van der Waals surface area contributed by atoms with Crippen molar-refractivity contribution >= 4 is 21.7 Å². The van der Waals surface area contributed by atoms with E-state index in [1.165, 1.54) is 5.57 Å². The van der Waals surface area contributed by atoms with E-state index >= 15 is 0 Å². The van der Waals surface area contributed by atoms with E-state index in [-0.39, 0.29) is 5.78 Å². The molecule has 3 nitrogen and oxygen atoms in total. The van der Waals surface area contributed by atoms with Crippen molar-refractivity contribution < 1.29 is 4.79 Å². The number of aromatic nitrogens is 2. The molecule has 1 rings (SSSR count). The van der Waals surface area contributed by atoms with Crippen LogP contribution in [0, 0.1) is 0 Å². The van der Waals surface area contributed by atoms with Gasteiger partial charge >= 0.3 is 0 Å². The zero-order valence-corrected chi connectivity index (χ0v) is 11.6. The number of carbonyl (C=O) groups excluding carboxylic acids is 1. The maximum atomic E-state index is 11.7. The zero-order chi connectivity index (χ0) is 12.5. The molecule has 0 fully saturated rings. The monoisotopic (exact) mass is 296 g/mol. The molecular formula is C13H17BrN2O. The summed E-state index contributed by atoms with van der Waals surface area (Å²) in [5, 5.41) is 0.841. The molecule has 0 saturated carbocycles. The maximum Gasteiger partial charge on any atom is 0.152 e. The van der Waals surface area contributed by atoms with Gasteiger partial charge in [0.25, 0.3) is 0 Å². The van der Waals surface area contributed by atoms with Crippen LogP contribution >= 0.6 is 15.9 Å². The minimum Gasteiger partial charge on any atom is -0.330 e. The van der Waals surface area contributed by atoms with Gasteiger partial charge in [-0.2, -0.15) is 0 Å². The first-order valence-electron chi connectivity index (χ1n) is 5.61. The van der Waals surface area contributed by atoms with Crippen molar-refractivity contribution in [2.45, 2.75) is 26.3 Å². The summed E-state index contributed by atoms with van der Waals surface area (Å²) in [6.45, 7) is 2.41. The maximum absolute atomic E-state index is 11.7. The number of Topliss-reactive ketones (excluding diaryl/α,β-unsaturated/α-hetero) is 1. The van der Waals surface area contributed by atoms with Crippen LogP contribution in [0.5, 0.6) is 0 Å². The van der Waals surface area contributed by atoms with Gasteiger partial charge in [0.1, 0.15) is 0 Å². The van der Waals surface area contributed by atoms with Gasteiger partial charge in [0.2, 0.25) is 0 Å². The lowest BCUT2D eigenvalue weighted by Gasteiger charge is -2.03. The van der Waals surface area contributed by atoms with Gasteiger partial charge in [0, 0.05) is 24.1 Å². The molecule has 0 aliphatic rings. The standard InChI is InChI=1S/C13H17BrN2O/c1-2-12(4-3-7-14)5-6-13(17)10-16-9-8-15-11-16/h2-4,8-9,11H,5-7,10H2,1H3/b4-3-,12-2+. The second-order valence-electron chi connectivity index (χ2n) is 3.69. The lowest BCUT2D eigenvalue weighted by molar-refractivity contribution is -0.119. The number of hydrogen-bond acceptors (Lipinski definition) is 2. The Kier molecular flexibility index (Phi) is 6.55. The summed E-state index contributed by atoms with van der Waals surface area (Å²) in [4.78, 5) is 15.6. The number of rotatable bonds is 7. The molecule has 0 aliphatic heterocycles. The molecule has 0 saturated heterocycles. The fraction of sp³-hybridized carbons (Fsp3) is 0.385. The number of imidazole rings is 1. The Bertz CT molecular complexity index is 394. The smallest absolute Gasteiger partial charge is 0.152 e. The third-order valence-electron chi connectivity index (χ3n) is 2.40. The molecule has 0 bridgehead atoms. The van der Waals surface area contributed by atoms with Crippen LogP contribution in [0.1, 0.15) is 19.8 Å². The van der Waals surface area contributed by atoms with Crippen LogP contribution in [-0.2, 0) is 11.3 Å². The number of hydrogen-bond donors (Lipinski definition) is 0. The summed E-state index contributed by atoms with van der Waals surface area (Å²) < 4.78 is 1.80. The van der Waals surface area contributed by atoms with E-state index in [4.69, 9.17) is 0 Å². The van der Waals surface area contributed by atoms with Crippen molar-refractivity contribution in [3.63, 3.8) is 0 Å². The van der Waals surface area contributed by atoms with Crippen LogP contribution in [0.4, 0.5) is 0 Å². The largest absolute Gasteiger partial charge is 0.330 e. The third-order valence-corrected chi connectivity index (χ3v) is 2.78. The van der Waals surface area contributed by atoms with Crippen LogP contribution in [0.15, 0.2) is 42.5 Å². The fourth-order valence-corrected chi connectivity index (χ4v) is 1.65. The van der Waals surface area contributed by atoms with E-state index in [0.29, 0.717) is 13.0 Å². The molecule has 0 aliphatic carbocycles. The normalized spacial score (nSPS) is 12.2. The Hall–Kier alpha value is -1.16. The molecule has 17 heavy (non-hydrogen) atoms. The minimum atomic E-state index is 0.231. The van der Waals surface area contributed by atoms with Gasteiger partial charge < -0.3 is 4.57 Å². The molecule has 1 aromatic heterocycles. The molecule has 4 heteroatoms. The molecule has 0 radical (unpaired) electrons. The van der Waals surface area contributed by atoms with E-state index < -0.39 is 0 Å². The lowest BCUT2D eigenvalue weighted by atomic mass is 10.1. The van der Waals surface area contributed by atoms with Gasteiger partial charge in [0.05, 0.1) is 12.9 Å². The predicted octanol–water partition coefficient (Wildman–Crippen LogP) is 3.13. The van der Waals surface area contributed by atoms with Crippen molar-refractivity contribution in [3.8, 4) is 0 Å². The molecule has 0 atom stereocenters. The molecule has 0 aromatic carbocycles. The van der Waals surface area contributed by atoms with Crippen molar-refractivity contribution in [1.82, 2.24) is 9.55 Å². The fourth-order valence-electron chi connectivity index (χ4n) is 1.47. The van der Waals surface area contributed by atoms with E-state index in [1.54, 1.807) is 23.3 Å². The van der Waals surface area contributed by atoms with Gasteiger partial charge in [-0.25, -0.2) is 4.98 Å². The Morgan fingerprint density at radius 2 is 2.29 bits per heavy atom. The number of nitrogens with zero attached hydrogens (tertiary/aromatic N) is 2. The number of alkyl halides is 1. The van der Waals surface area contributed by atoms with Crippen LogP contribution in [0.25, 0.3) is 0 Å². The van der Waals surface area contributed by atoms with Gasteiger partial charge in [-0.3, -0.25) is 4.79 Å². The van der Waals surface area contributed by atoms with Crippen molar-refractivity contribution in [2.24, 2.45) is 0 Å². The van der Waals surface area contributed by atoms with Gasteiger partial charge in [-0.05, 0) is 13.3 Å². The summed E-state index contributed by atoms with van der Waals surface area (Å²) in [5.41, 5.74) is 1.20. The highest BCUT2D eigenvalue weighted by Crippen LogP contribution is 2.08. The Balaban J connectivity index is 2.34. The third kappa shape index (κ3) is 5.63. The average molecular weight is 297 g/mol. The van der Waals surface area contributed by atoms with E-state index in [9.17, 15) is 4.79 Å². The molecule has 0 amide bonds. The summed E-state index contributed by atoms with van der Waals surface area (Å²) in [6.07, 6.45) is 12.7. The zero-order valence-electron chi connectivity index (χ0n) is 9.97. The highest BCUT2D eigenvalue weighted by Gasteiger charge is 2.03. The van der Waals surface area contributed by atoms with Gasteiger partial charge in [-0.1, -0.05) is 39.7 Å². The molecular weight excluding hydrogens is 280 g/mol. The highest BCUT2D eigenvalue weighted by molar-refractivity contribution is 9.09. The Morgan fingerprint density at radius 3 is 2.88 bits per heavy atom. The number of carbonyl (C=O) groups is 1. The molecule has 0 N–H and O–H groups in total. The number of allylic oxidation sites excluding steroid dienone is 4. The predicted molar refractivity (Wildman–Crippen MR) is 73.2 cm³/mol. The molecule has 1 aromatic rings. The summed E-state index contributed by atoms with van der Waals surface area (Å²) >= 11 is 3.34. The summed E-state index contributed by atoms with van der Waals surface area (Å²) in [5.74, 6) is 0.231. The van der Waals surface area contributed by atoms with Crippen LogP contribution in [0.3, 0.4) is 0 Å². The van der Waals surface area contributed by atoms with Crippen LogP contribution < -0.4 is 0 Å². The van der Waals surface area contributed by atoms with E-state index in [2.05, 4.69) is 27.0 Å². The van der Waals surface area contributed by atoms with Gasteiger partial charge in [0.15, 0.2) is 5.78 Å². The first-order valence-corrected chi connectivity index (χ1v) is 6.73. The second-order valence-corrected chi connectivity index (χ2v) is 4.34. The van der Waals surface area contributed by atoms with Gasteiger partial charge in [-0.15, -0.1) is 0 Å².